The maximum Gasteiger partial charge on any atom is 0.251 e. The standard InChI is InChI=1S/C13H21N3O2/c1-2-11-6-13(18)15-12(14-11)8-16-5-3-4-10(7-16)9-17/h6,10,17H,2-5,7-9H2,1H3,(H,14,15,18). The van der Waals surface area contributed by atoms with Crippen molar-refractivity contribution in [3.63, 3.8) is 0 Å². The molecule has 2 N–H and O–H groups in total. The molecular weight excluding hydrogens is 230 g/mol. The Morgan fingerprint density at radius 2 is 2.44 bits per heavy atom. The fourth-order valence-corrected chi connectivity index (χ4v) is 2.47. The van der Waals surface area contributed by atoms with Crippen LogP contribution in [0.15, 0.2) is 10.9 Å². The van der Waals surface area contributed by atoms with E-state index in [1.807, 2.05) is 6.92 Å². The molecule has 5 nitrogen and oxygen atoms in total. The Kier molecular flexibility index (Phi) is 4.49. The van der Waals surface area contributed by atoms with Crippen molar-refractivity contribution < 1.29 is 5.11 Å². The van der Waals surface area contributed by atoms with E-state index in [4.69, 9.17) is 0 Å². The lowest BCUT2D eigenvalue weighted by atomic mass is 9.99. The van der Waals surface area contributed by atoms with E-state index in [0.717, 1.165) is 43.9 Å². The third-order valence-corrected chi connectivity index (χ3v) is 3.44. The zero-order valence-corrected chi connectivity index (χ0v) is 10.9. The summed E-state index contributed by atoms with van der Waals surface area (Å²) in [5.74, 6) is 1.10. The van der Waals surface area contributed by atoms with Crippen molar-refractivity contribution >= 4 is 0 Å². The predicted octanol–water partition coefficient (Wildman–Crippen LogP) is 0.537. The molecule has 0 radical (unpaired) electrons. The summed E-state index contributed by atoms with van der Waals surface area (Å²) in [5, 5.41) is 9.20. The van der Waals surface area contributed by atoms with Gasteiger partial charge in [0.05, 0.1) is 6.54 Å². The van der Waals surface area contributed by atoms with Gasteiger partial charge in [-0.3, -0.25) is 9.69 Å². The number of likely N-dealkylation sites (tertiary alicyclic amines) is 1. The van der Waals surface area contributed by atoms with E-state index in [1.165, 1.54) is 0 Å². The number of aryl methyl sites for hydroxylation is 1. The van der Waals surface area contributed by atoms with Gasteiger partial charge in [-0.05, 0) is 31.7 Å². The largest absolute Gasteiger partial charge is 0.396 e. The van der Waals surface area contributed by atoms with Crippen molar-refractivity contribution in [3.8, 4) is 0 Å². The van der Waals surface area contributed by atoms with E-state index >= 15 is 0 Å². The Balaban J connectivity index is 2.04. The number of hydrogen-bond acceptors (Lipinski definition) is 4. The number of H-pyrrole nitrogens is 1. The van der Waals surface area contributed by atoms with Crippen LogP contribution in [0.5, 0.6) is 0 Å². The molecule has 5 heteroatoms. The van der Waals surface area contributed by atoms with E-state index in [9.17, 15) is 9.90 Å². The highest BCUT2D eigenvalue weighted by Crippen LogP contribution is 2.16. The zero-order valence-electron chi connectivity index (χ0n) is 10.9. The number of aliphatic hydroxyl groups is 1. The normalized spacial score (nSPS) is 21.1. The highest BCUT2D eigenvalue weighted by molar-refractivity contribution is 5.02. The summed E-state index contributed by atoms with van der Waals surface area (Å²) in [5.41, 5.74) is 0.761. The third kappa shape index (κ3) is 3.40. The lowest BCUT2D eigenvalue weighted by Crippen LogP contribution is -2.37. The van der Waals surface area contributed by atoms with Crippen LogP contribution in [0.2, 0.25) is 0 Å². The van der Waals surface area contributed by atoms with E-state index in [0.29, 0.717) is 12.5 Å². The SMILES string of the molecule is CCc1cc(=O)[nH]c(CN2CCCC(CO)C2)n1. The average Bonchev–Trinajstić information content (AvgIpc) is 2.38. The average molecular weight is 251 g/mol. The monoisotopic (exact) mass is 251 g/mol. The van der Waals surface area contributed by atoms with Crippen LogP contribution < -0.4 is 5.56 Å². The van der Waals surface area contributed by atoms with Gasteiger partial charge in [-0.25, -0.2) is 4.98 Å². The maximum absolute atomic E-state index is 11.5. The van der Waals surface area contributed by atoms with Gasteiger partial charge in [-0.1, -0.05) is 6.92 Å². The van der Waals surface area contributed by atoms with E-state index < -0.39 is 0 Å². The number of aromatic amines is 1. The summed E-state index contributed by atoms with van der Waals surface area (Å²) < 4.78 is 0. The summed E-state index contributed by atoms with van der Waals surface area (Å²) in [6.07, 6.45) is 2.96. The molecule has 1 aliphatic rings. The molecule has 0 amide bonds. The van der Waals surface area contributed by atoms with Crippen LogP contribution in [-0.4, -0.2) is 39.7 Å². The molecular formula is C13H21N3O2. The first-order valence-electron chi connectivity index (χ1n) is 6.63. The first-order chi connectivity index (χ1) is 8.71. The molecule has 2 rings (SSSR count). The number of piperidine rings is 1. The first kappa shape index (κ1) is 13.2. The van der Waals surface area contributed by atoms with E-state index in [1.54, 1.807) is 6.07 Å². The molecule has 0 saturated carbocycles. The fourth-order valence-electron chi connectivity index (χ4n) is 2.47. The molecule has 0 spiro atoms. The lowest BCUT2D eigenvalue weighted by molar-refractivity contribution is 0.114. The minimum absolute atomic E-state index is 0.0763. The molecule has 1 saturated heterocycles. The van der Waals surface area contributed by atoms with Gasteiger partial charge in [0.25, 0.3) is 5.56 Å². The second-order valence-electron chi connectivity index (χ2n) is 4.96. The maximum atomic E-state index is 11.5. The van der Waals surface area contributed by atoms with E-state index in [-0.39, 0.29) is 12.2 Å². The summed E-state index contributed by atoms with van der Waals surface area (Å²) >= 11 is 0. The molecule has 0 aromatic carbocycles. The Bertz CT molecular complexity index is 444. The summed E-state index contributed by atoms with van der Waals surface area (Å²) in [4.78, 5) is 21.0. The third-order valence-electron chi connectivity index (χ3n) is 3.44. The van der Waals surface area contributed by atoms with Gasteiger partial charge in [0.1, 0.15) is 5.82 Å². The molecule has 18 heavy (non-hydrogen) atoms. The quantitative estimate of drug-likeness (QED) is 0.819. The van der Waals surface area contributed by atoms with Crippen LogP contribution >= 0.6 is 0 Å². The summed E-state index contributed by atoms with van der Waals surface area (Å²) in [7, 11) is 0. The van der Waals surface area contributed by atoms with Crippen molar-refractivity contribution in [2.24, 2.45) is 5.92 Å². The van der Waals surface area contributed by atoms with Gasteiger partial charge in [0.2, 0.25) is 0 Å². The number of nitrogens with one attached hydrogen (secondary N) is 1. The predicted molar refractivity (Wildman–Crippen MR) is 69.3 cm³/mol. The number of aromatic nitrogens is 2. The van der Waals surface area contributed by atoms with Crippen LogP contribution in [-0.2, 0) is 13.0 Å². The molecule has 0 bridgehead atoms. The molecule has 100 valence electrons. The lowest BCUT2D eigenvalue weighted by Gasteiger charge is -2.31. The van der Waals surface area contributed by atoms with Gasteiger partial charge in [0, 0.05) is 24.9 Å². The Labute approximate surface area is 107 Å². The first-order valence-corrected chi connectivity index (χ1v) is 6.63. The van der Waals surface area contributed by atoms with Gasteiger partial charge >= 0.3 is 0 Å². The molecule has 1 aliphatic heterocycles. The fraction of sp³-hybridized carbons (Fsp3) is 0.692. The molecule has 1 aromatic rings. The van der Waals surface area contributed by atoms with Crippen molar-refractivity contribution in [2.45, 2.75) is 32.7 Å². The van der Waals surface area contributed by atoms with Crippen LogP contribution in [0.3, 0.4) is 0 Å². The summed E-state index contributed by atoms with van der Waals surface area (Å²) in [6.45, 7) is 4.80. The smallest absolute Gasteiger partial charge is 0.251 e. The van der Waals surface area contributed by atoms with Gasteiger partial charge in [-0.15, -0.1) is 0 Å². The van der Waals surface area contributed by atoms with Gasteiger partial charge in [-0.2, -0.15) is 0 Å². The van der Waals surface area contributed by atoms with Crippen molar-refractivity contribution in [3.05, 3.63) is 27.9 Å². The van der Waals surface area contributed by atoms with Gasteiger partial charge in [0.15, 0.2) is 0 Å². The number of nitrogens with zero attached hydrogens (tertiary/aromatic N) is 2. The molecule has 1 unspecified atom stereocenters. The molecule has 1 aromatic heterocycles. The van der Waals surface area contributed by atoms with Gasteiger partial charge < -0.3 is 10.1 Å². The topological polar surface area (TPSA) is 69.2 Å². The van der Waals surface area contributed by atoms with E-state index in [2.05, 4.69) is 14.9 Å². The van der Waals surface area contributed by atoms with Crippen LogP contribution in [0.25, 0.3) is 0 Å². The summed E-state index contributed by atoms with van der Waals surface area (Å²) in [6, 6.07) is 1.55. The minimum Gasteiger partial charge on any atom is -0.396 e. The zero-order chi connectivity index (χ0) is 13.0. The number of aliphatic hydroxyl groups excluding tert-OH is 1. The molecule has 2 heterocycles. The molecule has 0 aliphatic carbocycles. The van der Waals surface area contributed by atoms with Crippen molar-refractivity contribution in [1.29, 1.82) is 0 Å². The number of rotatable bonds is 4. The molecule has 1 atom stereocenters. The second-order valence-corrected chi connectivity index (χ2v) is 4.96. The Morgan fingerprint density at radius 1 is 1.61 bits per heavy atom. The number of hydrogen-bond donors (Lipinski definition) is 2. The molecule has 1 fully saturated rings. The highest BCUT2D eigenvalue weighted by atomic mass is 16.3. The van der Waals surface area contributed by atoms with Crippen LogP contribution in [0, 0.1) is 5.92 Å². The second kappa shape index (κ2) is 6.11. The highest BCUT2D eigenvalue weighted by Gasteiger charge is 2.19. The Morgan fingerprint density at radius 3 is 3.17 bits per heavy atom. The van der Waals surface area contributed by atoms with Crippen LogP contribution in [0.4, 0.5) is 0 Å². The van der Waals surface area contributed by atoms with Crippen LogP contribution in [0.1, 0.15) is 31.3 Å². The van der Waals surface area contributed by atoms with Crippen molar-refractivity contribution in [1.82, 2.24) is 14.9 Å². The Hall–Kier alpha value is -1.20. The minimum atomic E-state index is -0.0763. The van der Waals surface area contributed by atoms with Crippen molar-refractivity contribution in [2.75, 3.05) is 19.7 Å².